The Morgan fingerprint density at radius 3 is 2.80 bits per heavy atom. The third-order valence-corrected chi connectivity index (χ3v) is 5.63. The Kier molecular flexibility index (Phi) is 5.09. The summed E-state index contributed by atoms with van der Waals surface area (Å²) in [6, 6.07) is 8.45. The highest BCUT2D eigenvalue weighted by Gasteiger charge is 2.41. The number of carbonyl (C=O) groups is 3. The number of carbonyl (C=O) groups excluding carboxylic acids is 2. The Hall–Kier alpha value is -1.94. The average molecular weight is 468 g/mol. The number of halogens is 1. The number of benzene rings is 1. The molecular formula is C17H13IN2O4S. The highest BCUT2D eigenvalue weighted by molar-refractivity contribution is 14.1. The summed E-state index contributed by atoms with van der Waals surface area (Å²) in [5.74, 6) is -1.75. The quantitative estimate of drug-likeness (QED) is 0.548. The molecule has 6 nitrogen and oxygen atoms in total. The molecule has 0 bridgehead atoms. The third-order valence-electron chi connectivity index (χ3n) is 3.76. The molecule has 8 heteroatoms. The van der Waals surface area contributed by atoms with Gasteiger partial charge in [-0.25, -0.2) is 14.7 Å². The molecule has 0 aliphatic carbocycles. The van der Waals surface area contributed by atoms with Crippen molar-refractivity contribution in [3.8, 4) is 0 Å². The molecule has 1 atom stereocenters. The Morgan fingerprint density at radius 2 is 2.12 bits per heavy atom. The summed E-state index contributed by atoms with van der Waals surface area (Å²) in [4.78, 5) is 41.7. The first-order valence-corrected chi connectivity index (χ1v) is 9.32. The van der Waals surface area contributed by atoms with E-state index in [0.29, 0.717) is 5.69 Å². The van der Waals surface area contributed by atoms with Gasteiger partial charge in [-0.3, -0.25) is 9.59 Å². The van der Waals surface area contributed by atoms with Gasteiger partial charge in [0.25, 0.3) is 0 Å². The summed E-state index contributed by atoms with van der Waals surface area (Å²) in [5.41, 5.74) is 1.43. The van der Waals surface area contributed by atoms with Gasteiger partial charge in [-0.1, -0.05) is 11.8 Å². The minimum absolute atomic E-state index is 0.0184. The molecule has 0 saturated carbocycles. The molecule has 2 amide bonds. The van der Waals surface area contributed by atoms with Crippen molar-refractivity contribution < 1.29 is 19.5 Å². The van der Waals surface area contributed by atoms with E-state index in [1.165, 1.54) is 23.2 Å². The smallest absolute Gasteiger partial charge is 0.338 e. The van der Waals surface area contributed by atoms with Crippen LogP contribution in [0, 0.1) is 10.5 Å². The number of carboxylic acids is 1. The minimum Gasteiger partial charge on any atom is -0.478 e. The van der Waals surface area contributed by atoms with Crippen molar-refractivity contribution >= 4 is 57.8 Å². The maximum Gasteiger partial charge on any atom is 0.338 e. The van der Waals surface area contributed by atoms with E-state index >= 15 is 0 Å². The number of imide groups is 1. The fourth-order valence-corrected chi connectivity index (χ4v) is 4.35. The van der Waals surface area contributed by atoms with E-state index in [9.17, 15) is 19.5 Å². The van der Waals surface area contributed by atoms with Gasteiger partial charge in [0.15, 0.2) is 0 Å². The highest BCUT2D eigenvalue weighted by Crippen LogP contribution is 2.35. The second-order valence-electron chi connectivity index (χ2n) is 5.47. The van der Waals surface area contributed by atoms with Crippen LogP contribution >= 0.6 is 34.4 Å². The Labute approximate surface area is 161 Å². The first-order chi connectivity index (χ1) is 11.9. The molecule has 2 heterocycles. The zero-order valence-electron chi connectivity index (χ0n) is 13.1. The van der Waals surface area contributed by atoms with E-state index in [1.807, 2.05) is 19.1 Å². The van der Waals surface area contributed by atoms with Crippen LogP contribution in [0.3, 0.4) is 0 Å². The molecule has 1 N–H and O–H groups in total. The SMILES string of the molecule is Cc1cc(I)ccc1N1C(=O)CC(Sc2ncccc2C(=O)O)C1=O. The van der Waals surface area contributed by atoms with Crippen molar-refractivity contribution in [2.45, 2.75) is 23.6 Å². The van der Waals surface area contributed by atoms with Gasteiger partial charge in [-0.05, 0) is 65.4 Å². The lowest BCUT2D eigenvalue weighted by Gasteiger charge is -2.17. The molecule has 2 aromatic rings. The zero-order chi connectivity index (χ0) is 18.1. The third kappa shape index (κ3) is 3.54. The second kappa shape index (κ2) is 7.12. The molecule has 1 fully saturated rings. The monoisotopic (exact) mass is 468 g/mol. The van der Waals surface area contributed by atoms with E-state index in [4.69, 9.17) is 0 Å². The van der Waals surface area contributed by atoms with E-state index < -0.39 is 11.2 Å². The molecule has 3 rings (SSSR count). The Morgan fingerprint density at radius 1 is 1.36 bits per heavy atom. The fourth-order valence-electron chi connectivity index (χ4n) is 2.60. The molecule has 1 aromatic heterocycles. The van der Waals surface area contributed by atoms with Crippen molar-refractivity contribution in [2.75, 3.05) is 4.90 Å². The van der Waals surface area contributed by atoms with E-state index in [2.05, 4.69) is 27.6 Å². The molecule has 0 radical (unpaired) electrons. The normalized spacial score (nSPS) is 17.2. The summed E-state index contributed by atoms with van der Waals surface area (Å²) in [7, 11) is 0. The Balaban J connectivity index is 1.88. The van der Waals surface area contributed by atoms with Gasteiger partial charge in [0.05, 0.1) is 16.5 Å². The molecule has 1 unspecified atom stereocenters. The number of thioether (sulfide) groups is 1. The first-order valence-electron chi connectivity index (χ1n) is 7.36. The van der Waals surface area contributed by atoms with Crippen LogP contribution < -0.4 is 4.90 Å². The lowest BCUT2D eigenvalue weighted by molar-refractivity contribution is -0.121. The van der Waals surface area contributed by atoms with Crippen molar-refractivity contribution in [1.82, 2.24) is 4.98 Å². The van der Waals surface area contributed by atoms with Crippen LogP contribution in [-0.4, -0.2) is 33.1 Å². The largest absolute Gasteiger partial charge is 0.478 e. The van der Waals surface area contributed by atoms with Crippen molar-refractivity contribution in [3.05, 3.63) is 51.2 Å². The van der Waals surface area contributed by atoms with Crippen LogP contribution in [0.2, 0.25) is 0 Å². The van der Waals surface area contributed by atoms with Gasteiger partial charge in [0.1, 0.15) is 5.03 Å². The molecule has 1 aromatic carbocycles. The van der Waals surface area contributed by atoms with Gasteiger partial charge < -0.3 is 5.11 Å². The Bertz CT molecular complexity index is 887. The topological polar surface area (TPSA) is 87.6 Å². The van der Waals surface area contributed by atoms with Gasteiger partial charge >= 0.3 is 5.97 Å². The van der Waals surface area contributed by atoms with Crippen LogP contribution in [0.15, 0.2) is 41.6 Å². The van der Waals surface area contributed by atoms with Gasteiger partial charge in [-0.15, -0.1) is 0 Å². The molecule has 1 aliphatic heterocycles. The summed E-state index contributed by atoms with van der Waals surface area (Å²) >= 11 is 3.19. The highest BCUT2D eigenvalue weighted by atomic mass is 127. The predicted octanol–water partition coefficient (Wildman–Crippen LogP) is 3.12. The molecule has 25 heavy (non-hydrogen) atoms. The van der Waals surface area contributed by atoms with Crippen molar-refractivity contribution in [2.24, 2.45) is 0 Å². The minimum atomic E-state index is -1.11. The number of anilines is 1. The number of hydrogen-bond donors (Lipinski definition) is 1. The number of aryl methyl sites for hydroxylation is 1. The number of nitrogens with zero attached hydrogens (tertiary/aromatic N) is 2. The van der Waals surface area contributed by atoms with Crippen molar-refractivity contribution in [3.63, 3.8) is 0 Å². The maximum absolute atomic E-state index is 12.7. The molecule has 0 spiro atoms. The molecule has 128 valence electrons. The van der Waals surface area contributed by atoms with Gasteiger partial charge in [0.2, 0.25) is 11.8 Å². The second-order valence-corrected chi connectivity index (χ2v) is 7.91. The number of pyridine rings is 1. The van der Waals surface area contributed by atoms with Crippen LogP contribution in [0.25, 0.3) is 0 Å². The van der Waals surface area contributed by atoms with E-state index in [-0.39, 0.29) is 28.8 Å². The number of aromatic carboxylic acids is 1. The summed E-state index contributed by atoms with van der Waals surface area (Å²) in [6.45, 7) is 1.85. The van der Waals surface area contributed by atoms with E-state index in [1.54, 1.807) is 6.07 Å². The number of hydrogen-bond acceptors (Lipinski definition) is 5. The zero-order valence-corrected chi connectivity index (χ0v) is 16.1. The lowest BCUT2D eigenvalue weighted by Crippen LogP contribution is -2.31. The van der Waals surface area contributed by atoms with Crippen LogP contribution in [0.1, 0.15) is 22.3 Å². The van der Waals surface area contributed by atoms with Gasteiger partial charge in [-0.2, -0.15) is 0 Å². The number of carboxylic acid groups (broad SMARTS) is 1. The lowest BCUT2D eigenvalue weighted by atomic mass is 10.2. The summed E-state index contributed by atoms with van der Waals surface area (Å²) < 4.78 is 1.02. The maximum atomic E-state index is 12.7. The average Bonchev–Trinajstić information content (AvgIpc) is 2.82. The van der Waals surface area contributed by atoms with Crippen LogP contribution in [0.4, 0.5) is 5.69 Å². The molecule has 1 aliphatic rings. The van der Waals surface area contributed by atoms with Crippen LogP contribution in [0.5, 0.6) is 0 Å². The fraction of sp³-hybridized carbons (Fsp3) is 0.176. The number of aromatic nitrogens is 1. The summed E-state index contributed by atoms with van der Waals surface area (Å²) in [5, 5.41) is 8.79. The summed E-state index contributed by atoms with van der Waals surface area (Å²) in [6.07, 6.45) is 1.49. The van der Waals surface area contributed by atoms with Crippen molar-refractivity contribution in [1.29, 1.82) is 0 Å². The van der Waals surface area contributed by atoms with Gasteiger partial charge in [0, 0.05) is 16.2 Å². The van der Waals surface area contributed by atoms with Crippen LogP contribution in [-0.2, 0) is 9.59 Å². The standard InChI is InChI=1S/C17H13IN2O4S/c1-9-7-10(18)4-5-12(9)20-14(21)8-13(16(20)22)25-15-11(17(23)24)3-2-6-19-15/h2-7,13H,8H2,1H3,(H,23,24). The number of amides is 2. The van der Waals surface area contributed by atoms with E-state index in [0.717, 1.165) is 20.9 Å². The predicted molar refractivity (Wildman–Crippen MR) is 102 cm³/mol. The molecule has 1 saturated heterocycles. The number of rotatable bonds is 4. The first kappa shape index (κ1) is 17.9. The molecular weight excluding hydrogens is 455 g/mol.